The van der Waals surface area contributed by atoms with Crippen molar-refractivity contribution >= 4 is 29.4 Å². The predicted molar refractivity (Wildman–Crippen MR) is 134 cm³/mol. The summed E-state index contributed by atoms with van der Waals surface area (Å²) in [6.45, 7) is 1.61. The number of nitrogens with zero attached hydrogens (tertiary/aromatic N) is 1. The van der Waals surface area contributed by atoms with Gasteiger partial charge in [0.1, 0.15) is 12.1 Å². The van der Waals surface area contributed by atoms with Gasteiger partial charge in [-0.3, -0.25) is 24.0 Å². The Kier molecular flexibility index (Phi) is 10.3. The first-order valence-corrected chi connectivity index (χ1v) is 13.3. The number of amides is 4. The molecule has 1 aromatic rings. The Morgan fingerprint density at radius 2 is 1.79 bits per heavy atom. The molecule has 0 aliphatic carbocycles. The van der Waals surface area contributed by atoms with Gasteiger partial charge in [0.25, 0.3) is 0 Å². The number of hydrogen-bond donors (Lipinski definition) is 3. The number of carbonyl (C=O) groups is 5. The first-order chi connectivity index (χ1) is 18.1. The number of nitrogens with one attached hydrogen (secondary N) is 2. The zero-order chi connectivity index (χ0) is 27.8. The van der Waals surface area contributed by atoms with E-state index in [2.05, 4.69) is 10.6 Å². The van der Waals surface area contributed by atoms with Crippen molar-refractivity contribution < 1.29 is 32.8 Å². The molecule has 9 nitrogen and oxygen atoms in total. The molecule has 4 N–H and O–H groups in total. The SMILES string of the molecule is CCC(=O)[C@H](Cc1ccc(F)c(F)c1)NC(=O)[C@H](CCC(N)=O)NC(=O)[C@@H]1CC[C@@H]2CCCCCC(=O)N21. The third-order valence-corrected chi connectivity index (χ3v) is 7.31. The van der Waals surface area contributed by atoms with Crippen LogP contribution in [0, 0.1) is 11.6 Å². The summed E-state index contributed by atoms with van der Waals surface area (Å²) in [6.07, 6.45) is 4.79. The highest BCUT2D eigenvalue weighted by Crippen LogP contribution is 2.31. The van der Waals surface area contributed by atoms with Crippen LogP contribution in [0.5, 0.6) is 0 Å². The Bertz CT molecular complexity index is 1070. The van der Waals surface area contributed by atoms with Gasteiger partial charge < -0.3 is 21.3 Å². The number of Topliss-reactive ketones (excluding diaryl/α,β-unsaturated/α-hetero) is 1. The second-order valence-electron chi connectivity index (χ2n) is 10.0. The molecule has 0 aromatic heterocycles. The second kappa shape index (κ2) is 13.4. The Balaban J connectivity index is 1.74. The van der Waals surface area contributed by atoms with Crippen LogP contribution in [0.3, 0.4) is 0 Å². The summed E-state index contributed by atoms with van der Waals surface area (Å²) in [6, 6.07) is 0.249. The molecule has 3 rings (SSSR count). The number of ketones is 1. The lowest BCUT2D eigenvalue weighted by molar-refractivity contribution is -0.142. The summed E-state index contributed by atoms with van der Waals surface area (Å²) in [4.78, 5) is 65.0. The number of nitrogens with two attached hydrogens (primary N) is 1. The van der Waals surface area contributed by atoms with Crippen molar-refractivity contribution in [1.29, 1.82) is 0 Å². The molecule has 2 saturated heterocycles. The fraction of sp³-hybridized carbons (Fsp3) is 0.593. The molecule has 0 saturated carbocycles. The average Bonchev–Trinajstić information content (AvgIpc) is 3.29. The standard InChI is InChI=1S/C27H36F2N4O5/c1-2-23(34)21(15-16-8-10-18(28)19(29)14-16)32-26(37)20(11-13-24(30)35)31-27(38)22-12-9-17-6-4-3-5-7-25(36)33(17)22/h8,10,14,17,20-22H,2-7,9,11-13,15H2,1H3,(H2,30,35)(H,31,38)(H,32,37)/t17-,20-,21-,22-/m0/s1. The number of carbonyl (C=O) groups excluding carboxylic acids is 5. The lowest BCUT2D eigenvalue weighted by atomic mass is 9.99. The minimum Gasteiger partial charge on any atom is -0.370 e. The van der Waals surface area contributed by atoms with E-state index in [4.69, 9.17) is 5.73 Å². The average molecular weight is 535 g/mol. The smallest absolute Gasteiger partial charge is 0.243 e. The van der Waals surface area contributed by atoms with Crippen molar-refractivity contribution in [3.63, 3.8) is 0 Å². The van der Waals surface area contributed by atoms with Crippen LogP contribution >= 0.6 is 0 Å². The number of primary amides is 1. The van der Waals surface area contributed by atoms with E-state index in [0.717, 1.165) is 37.8 Å². The number of halogens is 2. The fourth-order valence-electron chi connectivity index (χ4n) is 5.25. The molecular formula is C27H36F2N4O5. The molecule has 11 heteroatoms. The van der Waals surface area contributed by atoms with Crippen molar-refractivity contribution in [2.24, 2.45) is 5.73 Å². The minimum atomic E-state index is -1.18. The summed E-state index contributed by atoms with van der Waals surface area (Å²) in [7, 11) is 0. The van der Waals surface area contributed by atoms with E-state index in [9.17, 15) is 32.8 Å². The van der Waals surface area contributed by atoms with Crippen LogP contribution in [0.1, 0.15) is 76.7 Å². The molecule has 38 heavy (non-hydrogen) atoms. The van der Waals surface area contributed by atoms with Gasteiger partial charge in [-0.1, -0.05) is 25.8 Å². The Morgan fingerprint density at radius 3 is 2.47 bits per heavy atom. The molecule has 0 bridgehead atoms. The van der Waals surface area contributed by atoms with E-state index in [1.165, 1.54) is 6.07 Å². The van der Waals surface area contributed by atoms with Gasteiger partial charge in [0.2, 0.25) is 23.6 Å². The van der Waals surface area contributed by atoms with Crippen LogP contribution in [0.2, 0.25) is 0 Å². The second-order valence-corrected chi connectivity index (χ2v) is 10.0. The van der Waals surface area contributed by atoms with Gasteiger partial charge in [-0.2, -0.15) is 0 Å². The van der Waals surface area contributed by atoms with Crippen molar-refractivity contribution in [2.45, 2.75) is 102 Å². The van der Waals surface area contributed by atoms with E-state index in [-0.39, 0.29) is 43.4 Å². The van der Waals surface area contributed by atoms with Crippen molar-refractivity contribution in [3.05, 3.63) is 35.4 Å². The van der Waals surface area contributed by atoms with Crippen LogP contribution < -0.4 is 16.4 Å². The number of fused-ring (bicyclic) bond motifs is 1. The Morgan fingerprint density at radius 1 is 1.03 bits per heavy atom. The van der Waals surface area contributed by atoms with Crippen LogP contribution in [-0.4, -0.2) is 58.5 Å². The summed E-state index contributed by atoms with van der Waals surface area (Å²) in [5.74, 6) is -4.39. The van der Waals surface area contributed by atoms with Gasteiger partial charge in [0.15, 0.2) is 17.4 Å². The Labute approximate surface area is 220 Å². The zero-order valence-corrected chi connectivity index (χ0v) is 21.6. The summed E-state index contributed by atoms with van der Waals surface area (Å²) < 4.78 is 27.0. The molecule has 2 heterocycles. The fourth-order valence-corrected chi connectivity index (χ4v) is 5.25. The molecule has 1 aromatic carbocycles. The first-order valence-electron chi connectivity index (χ1n) is 13.3. The maximum atomic E-state index is 13.7. The van der Waals surface area contributed by atoms with E-state index >= 15 is 0 Å². The molecule has 2 aliphatic rings. The topological polar surface area (TPSA) is 139 Å². The highest BCUT2D eigenvalue weighted by Gasteiger charge is 2.41. The highest BCUT2D eigenvalue weighted by atomic mass is 19.2. The lowest BCUT2D eigenvalue weighted by Crippen LogP contribution is -2.56. The molecule has 2 aliphatic heterocycles. The maximum absolute atomic E-state index is 13.7. The van der Waals surface area contributed by atoms with Gasteiger partial charge in [0.05, 0.1) is 6.04 Å². The number of rotatable bonds is 11. The molecule has 2 fully saturated rings. The summed E-state index contributed by atoms with van der Waals surface area (Å²) in [5.41, 5.74) is 5.58. The first kappa shape index (κ1) is 29.2. The van der Waals surface area contributed by atoms with E-state index < -0.39 is 47.5 Å². The van der Waals surface area contributed by atoms with Gasteiger partial charge in [-0.15, -0.1) is 0 Å². The monoisotopic (exact) mass is 534 g/mol. The van der Waals surface area contributed by atoms with E-state index in [1.807, 2.05) is 0 Å². The molecule has 4 atom stereocenters. The van der Waals surface area contributed by atoms with Crippen LogP contribution in [0.25, 0.3) is 0 Å². The highest BCUT2D eigenvalue weighted by molar-refractivity contribution is 5.95. The molecule has 0 unspecified atom stereocenters. The molecular weight excluding hydrogens is 498 g/mol. The van der Waals surface area contributed by atoms with Gasteiger partial charge >= 0.3 is 0 Å². The van der Waals surface area contributed by atoms with Crippen molar-refractivity contribution in [3.8, 4) is 0 Å². The molecule has 4 amide bonds. The van der Waals surface area contributed by atoms with Crippen LogP contribution in [0.4, 0.5) is 8.78 Å². The van der Waals surface area contributed by atoms with Crippen LogP contribution in [-0.2, 0) is 30.4 Å². The third kappa shape index (κ3) is 7.58. The van der Waals surface area contributed by atoms with Crippen LogP contribution in [0.15, 0.2) is 18.2 Å². The molecule has 0 spiro atoms. The number of hydrogen-bond acceptors (Lipinski definition) is 5. The van der Waals surface area contributed by atoms with Gasteiger partial charge in [-0.05, 0) is 56.2 Å². The molecule has 208 valence electrons. The summed E-state index contributed by atoms with van der Waals surface area (Å²) >= 11 is 0. The largest absolute Gasteiger partial charge is 0.370 e. The summed E-state index contributed by atoms with van der Waals surface area (Å²) in [5, 5.41) is 5.27. The van der Waals surface area contributed by atoms with Gasteiger partial charge in [0, 0.05) is 25.3 Å². The normalized spacial score (nSPS) is 21.0. The maximum Gasteiger partial charge on any atom is 0.243 e. The van der Waals surface area contributed by atoms with Crippen molar-refractivity contribution in [2.75, 3.05) is 0 Å². The van der Waals surface area contributed by atoms with Crippen molar-refractivity contribution in [1.82, 2.24) is 15.5 Å². The zero-order valence-electron chi connectivity index (χ0n) is 21.6. The van der Waals surface area contributed by atoms with E-state index in [0.29, 0.717) is 24.8 Å². The third-order valence-electron chi connectivity index (χ3n) is 7.31. The van der Waals surface area contributed by atoms with Gasteiger partial charge in [-0.25, -0.2) is 8.78 Å². The predicted octanol–water partition coefficient (Wildman–Crippen LogP) is 2.05. The quantitative estimate of drug-likeness (QED) is 0.399. The van der Waals surface area contributed by atoms with E-state index in [1.54, 1.807) is 11.8 Å². The number of benzene rings is 1. The Hall–Kier alpha value is -3.37. The lowest BCUT2D eigenvalue weighted by Gasteiger charge is -2.32. The minimum absolute atomic E-state index is 0.0147. The molecule has 0 radical (unpaired) electrons.